The Balaban J connectivity index is 2.36. The van der Waals surface area contributed by atoms with Gasteiger partial charge in [0, 0.05) is 26.2 Å². The molecule has 0 aromatic rings. The monoisotopic (exact) mass is 271 g/mol. The van der Waals surface area contributed by atoms with Gasteiger partial charge in [-0.2, -0.15) is 0 Å². The molecule has 1 aliphatic heterocycles. The summed E-state index contributed by atoms with van der Waals surface area (Å²) in [6.07, 6.45) is 0.900. The van der Waals surface area contributed by atoms with Gasteiger partial charge < -0.3 is 20.7 Å². The van der Waals surface area contributed by atoms with Crippen molar-refractivity contribution in [3.8, 4) is 0 Å². The zero-order valence-corrected chi connectivity index (χ0v) is 12.7. The first-order valence-corrected chi connectivity index (χ1v) is 7.10. The zero-order chi connectivity index (χ0) is 14.5. The minimum atomic E-state index is -0.110. The van der Waals surface area contributed by atoms with Gasteiger partial charge in [-0.05, 0) is 18.9 Å². The van der Waals surface area contributed by atoms with Crippen molar-refractivity contribution in [1.82, 2.24) is 10.2 Å². The first kappa shape index (κ1) is 16.4. The van der Waals surface area contributed by atoms with E-state index in [-0.39, 0.29) is 23.3 Å². The van der Waals surface area contributed by atoms with Gasteiger partial charge in [-0.1, -0.05) is 20.8 Å². The Labute approximate surface area is 116 Å². The first-order valence-electron chi connectivity index (χ1n) is 7.10. The van der Waals surface area contributed by atoms with Crippen LogP contribution in [0.5, 0.6) is 0 Å². The first-order chi connectivity index (χ1) is 8.81. The highest BCUT2D eigenvalue weighted by atomic mass is 16.5. The van der Waals surface area contributed by atoms with Crippen LogP contribution in [0.25, 0.3) is 0 Å². The van der Waals surface area contributed by atoms with E-state index >= 15 is 0 Å². The van der Waals surface area contributed by atoms with Crippen LogP contribution < -0.4 is 11.1 Å². The highest BCUT2D eigenvalue weighted by Gasteiger charge is 2.25. The highest BCUT2D eigenvalue weighted by Crippen LogP contribution is 2.23. The molecule has 1 heterocycles. The second-order valence-electron chi connectivity index (χ2n) is 6.70. The zero-order valence-electron chi connectivity index (χ0n) is 12.7. The van der Waals surface area contributed by atoms with E-state index in [0.29, 0.717) is 13.1 Å². The molecule has 2 atom stereocenters. The van der Waals surface area contributed by atoms with E-state index in [1.165, 1.54) is 0 Å². The Morgan fingerprint density at radius 1 is 1.53 bits per heavy atom. The summed E-state index contributed by atoms with van der Waals surface area (Å²) in [5.74, 6) is -0.0597. The van der Waals surface area contributed by atoms with Crippen molar-refractivity contribution in [2.24, 2.45) is 17.1 Å². The maximum Gasteiger partial charge on any atom is 0.224 e. The van der Waals surface area contributed by atoms with Crippen LogP contribution in [0, 0.1) is 11.3 Å². The predicted molar refractivity (Wildman–Crippen MR) is 76.9 cm³/mol. The van der Waals surface area contributed by atoms with E-state index in [1.807, 2.05) is 0 Å². The average molecular weight is 271 g/mol. The molecule has 0 aliphatic carbocycles. The maximum atomic E-state index is 12.1. The summed E-state index contributed by atoms with van der Waals surface area (Å²) in [7, 11) is 2.07. The Morgan fingerprint density at radius 3 is 2.74 bits per heavy atom. The van der Waals surface area contributed by atoms with Crippen LogP contribution in [0.2, 0.25) is 0 Å². The number of amides is 1. The minimum absolute atomic E-state index is 0.0502. The molecule has 1 saturated heterocycles. The van der Waals surface area contributed by atoms with Crippen LogP contribution in [0.1, 0.15) is 27.2 Å². The largest absolute Gasteiger partial charge is 0.374 e. The van der Waals surface area contributed by atoms with Crippen LogP contribution in [-0.4, -0.2) is 56.7 Å². The number of ether oxygens (including phenoxy) is 1. The predicted octanol–water partition coefficient (Wildman–Crippen LogP) is 0.444. The topological polar surface area (TPSA) is 67.6 Å². The summed E-state index contributed by atoms with van der Waals surface area (Å²) >= 11 is 0. The van der Waals surface area contributed by atoms with Crippen molar-refractivity contribution in [3.63, 3.8) is 0 Å². The van der Waals surface area contributed by atoms with Crippen molar-refractivity contribution in [1.29, 1.82) is 0 Å². The van der Waals surface area contributed by atoms with Gasteiger partial charge in [-0.15, -0.1) is 0 Å². The van der Waals surface area contributed by atoms with Crippen LogP contribution in [0.3, 0.4) is 0 Å². The molecule has 0 aromatic carbocycles. The number of morpholine rings is 1. The molecule has 5 heteroatoms. The second kappa shape index (κ2) is 7.22. The molecular formula is C14H29N3O2. The molecule has 1 fully saturated rings. The molecule has 5 nitrogen and oxygen atoms in total. The van der Waals surface area contributed by atoms with Crippen LogP contribution in [-0.2, 0) is 9.53 Å². The minimum Gasteiger partial charge on any atom is -0.374 e. The number of hydrogen-bond acceptors (Lipinski definition) is 4. The van der Waals surface area contributed by atoms with Gasteiger partial charge in [0.15, 0.2) is 0 Å². The smallest absolute Gasteiger partial charge is 0.224 e. The Hall–Kier alpha value is -0.650. The Morgan fingerprint density at radius 2 is 2.21 bits per heavy atom. The SMILES string of the molecule is CN1CCOC(CNC(=O)C(CN)CC(C)(C)C)C1. The summed E-state index contributed by atoms with van der Waals surface area (Å²) in [6.45, 7) is 9.91. The molecule has 0 radical (unpaired) electrons. The molecule has 0 spiro atoms. The van der Waals surface area contributed by atoms with Crippen LogP contribution in [0.15, 0.2) is 0 Å². The summed E-state index contributed by atoms with van der Waals surface area (Å²) in [4.78, 5) is 14.3. The summed E-state index contributed by atoms with van der Waals surface area (Å²) < 4.78 is 5.63. The van der Waals surface area contributed by atoms with Crippen molar-refractivity contribution < 1.29 is 9.53 Å². The molecule has 0 saturated carbocycles. The number of nitrogens with two attached hydrogens (primary N) is 1. The van der Waals surface area contributed by atoms with E-state index in [1.54, 1.807) is 0 Å². The lowest BCUT2D eigenvalue weighted by Gasteiger charge is -2.31. The molecule has 1 amide bonds. The van der Waals surface area contributed by atoms with Gasteiger partial charge in [0.25, 0.3) is 0 Å². The number of likely N-dealkylation sites (N-methyl/N-ethyl adjacent to an activating group) is 1. The summed E-state index contributed by atoms with van der Waals surface area (Å²) in [5.41, 5.74) is 5.83. The van der Waals surface area contributed by atoms with Gasteiger partial charge >= 0.3 is 0 Å². The Bertz CT molecular complexity index is 289. The van der Waals surface area contributed by atoms with Gasteiger partial charge in [-0.3, -0.25) is 4.79 Å². The standard InChI is InChI=1S/C14H29N3O2/c1-14(2,3)7-11(8-15)13(18)16-9-12-10-17(4)5-6-19-12/h11-12H,5-10,15H2,1-4H3,(H,16,18). The lowest BCUT2D eigenvalue weighted by Crippen LogP contribution is -2.47. The molecule has 112 valence electrons. The second-order valence-corrected chi connectivity index (χ2v) is 6.70. The fourth-order valence-electron chi connectivity index (χ4n) is 2.37. The number of rotatable bonds is 5. The number of carbonyl (C=O) groups is 1. The van der Waals surface area contributed by atoms with Gasteiger partial charge in [0.05, 0.1) is 18.6 Å². The quantitative estimate of drug-likeness (QED) is 0.761. The van der Waals surface area contributed by atoms with E-state index < -0.39 is 0 Å². The fourth-order valence-corrected chi connectivity index (χ4v) is 2.37. The number of hydrogen-bond donors (Lipinski definition) is 2. The molecular weight excluding hydrogens is 242 g/mol. The van der Waals surface area contributed by atoms with Crippen molar-refractivity contribution in [3.05, 3.63) is 0 Å². The van der Waals surface area contributed by atoms with Gasteiger partial charge in [-0.25, -0.2) is 0 Å². The van der Waals surface area contributed by atoms with Crippen molar-refractivity contribution in [2.75, 3.05) is 39.8 Å². The van der Waals surface area contributed by atoms with E-state index in [9.17, 15) is 4.79 Å². The third-order valence-corrected chi connectivity index (χ3v) is 3.36. The molecule has 2 unspecified atom stereocenters. The van der Waals surface area contributed by atoms with Gasteiger partial charge in [0.1, 0.15) is 0 Å². The molecule has 0 bridgehead atoms. The normalized spacial score (nSPS) is 23.1. The van der Waals surface area contributed by atoms with Crippen LogP contribution >= 0.6 is 0 Å². The van der Waals surface area contributed by atoms with Crippen LogP contribution in [0.4, 0.5) is 0 Å². The van der Waals surface area contributed by atoms with Crippen molar-refractivity contribution >= 4 is 5.91 Å². The molecule has 1 rings (SSSR count). The summed E-state index contributed by atoms with van der Waals surface area (Å²) in [6, 6.07) is 0. The fraction of sp³-hybridized carbons (Fsp3) is 0.929. The number of nitrogens with one attached hydrogen (secondary N) is 1. The molecule has 19 heavy (non-hydrogen) atoms. The van der Waals surface area contributed by atoms with Gasteiger partial charge in [0.2, 0.25) is 5.91 Å². The lowest BCUT2D eigenvalue weighted by atomic mass is 9.84. The third kappa shape index (κ3) is 6.36. The maximum absolute atomic E-state index is 12.1. The number of carbonyl (C=O) groups excluding carboxylic acids is 1. The highest BCUT2D eigenvalue weighted by molar-refractivity contribution is 5.78. The van der Waals surface area contributed by atoms with Crippen molar-refractivity contribution in [2.45, 2.75) is 33.3 Å². The van der Waals surface area contributed by atoms with E-state index in [0.717, 1.165) is 26.1 Å². The lowest BCUT2D eigenvalue weighted by molar-refractivity contribution is -0.126. The number of nitrogens with zero attached hydrogens (tertiary/aromatic N) is 1. The third-order valence-electron chi connectivity index (χ3n) is 3.36. The summed E-state index contributed by atoms with van der Waals surface area (Å²) in [5, 5.41) is 2.98. The Kier molecular flexibility index (Phi) is 6.23. The average Bonchev–Trinajstić information content (AvgIpc) is 2.32. The van der Waals surface area contributed by atoms with E-state index in [2.05, 4.69) is 38.0 Å². The molecule has 3 N–H and O–H groups in total. The van der Waals surface area contributed by atoms with E-state index in [4.69, 9.17) is 10.5 Å². The molecule has 1 aliphatic rings. The molecule has 0 aromatic heterocycles.